The molecule has 0 fully saturated rings. The number of pyridine rings is 1. The van der Waals surface area contributed by atoms with Crippen LogP contribution in [0.4, 0.5) is 0 Å². The summed E-state index contributed by atoms with van der Waals surface area (Å²) in [6.07, 6.45) is 3.87. The minimum atomic E-state index is 0.735. The van der Waals surface area contributed by atoms with Crippen molar-refractivity contribution < 1.29 is 0 Å². The van der Waals surface area contributed by atoms with E-state index in [4.69, 9.17) is 4.98 Å². The van der Waals surface area contributed by atoms with Gasteiger partial charge in [0.1, 0.15) is 5.69 Å². The summed E-state index contributed by atoms with van der Waals surface area (Å²) in [5.41, 5.74) is 4.40. The molecule has 1 N–H and O–H groups in total. The first kappa shape index (κ1) is 12.7. The molecular weight excluding hydrogens is 304 g/mol. The summed E-state index contributed by atoms with van der Waals surface area (Å²) in [7, 11) is 0. The topological polar surface area (TPSA) is 50.7 Å². The highest BCUT2D eigenvalue weighted by molar-refractivity contribution is 9.10. The van der Waals surface area contributed by atoms with Gasteiger partial charge in [-0.3, -0.25) is 4.98 Å². The molecule has 3 heterocycles. The summed E-state index contributed by atoms with van der Waals surface area (Å²) in [4.78, 5) is 13.7. The molecule has 0 bridgehead atoms. The number of halogens is 1. The summed E-state index contributed by atoms with van der Waals surface area (Å²) in [5.74, 6) is 0.735. The van der Waals surface area contributed by atoms with Gasteiger partial charge in [0.25, 0.3) is 0 Å². The predicted octanol–water partition coefficient (Wildman–Crippen LogP) is 2.86. The Bertz CT molecular complexity index is 595. The molecule has 0 saturated heterocycles. The maximum Gasteiger partial charge on any atom is 0.178 e. The molecule has 2 aromatic heterocycles. The number of aryl methyl sites for hydroxylation is 1. The van der Waals surface area contributed by atoms with Crippen LogP contribution >= 0.6 is 15.9 Å². The van der Waals surface area contributed by atoms with Gasteiger partial charge in [-0.1, -0.05) is 13.3 Å². The zero-order valence-electron chi connectivity index (χ0n) is 10.8. The van der Waals surface area contributed by atoms with Gasteiger partial charge >= 0.3 is 0 Å². The van der Waals surface area contributed by atoms with Crippen LogP contribution in [0, 0.1) is 0 Å². The van der Waals surface area contributed by atoms with Crippen molar-refractivity contribution in [2.24, 2.45) is 0 Å². The monoisotopic (exact) mass is 318 g/mol. The Morgan fingerprint density at radius 1 is 1.26 bits per heavy atom. The molecule has 0 aliphatic carbocycles. The van der Waals surface area contributed by atoms with E-state index in [1.165, 1.54) is 5.56 Å². The van der Waals surface area contributed by atoms with Crippen LogP contribution in [0.25, 0.3) is 11.5 Å². The van der Waals surface area contributed by atoms with E-state index in [0.29, 0.717) is 0 Å². The van der Waals surface area contributed by atoms with Gasteiger partial charge in [-0.15, -0.1) is 0 Å². The first-order valence-electron chi connectivity index (χ1n) is 6.49. The predicted molar refractivity (Wildman–Crippen MR) is 77.5 cm³/mol. The lowest BCUT2D eigenvalue weighted by Crippen LogP contribution is -2.04. The lowest BCUT2D eigenvalue weighted by molar-refractivity contribution is 0.753. The van der Waals surface area contributed by atoms with Gasteiger partial charge < -0.3 is 5.32 Å². The van der Waals surface area contributed by atoms with Crippen LogP contribution in [0.2, 0.25) is 0 Å². The molecule has 1 aliphatic heterocycles. The van der Waals surface area contributed by atoms with Crippen LogP contribution in [0.3, 0.4) is 0 Å². The van der Waals surface area contributed by atoms with Crippen LogP contribution in [0.5, 0.6) is 0 Å². The van der Waals surface area contributed by atoms with E-state index in [9.17, 15) is 0 Å². The second-order valence-electron chi connectivity index (χ2n) is 4.63. The molecule has 0 spiro atoms. The highest BCUT2D eigenvalue weighted by atomic mass is 79.9. The van der Waals surface area contributed by atoms with Crippen LogP contribution in [-0.4, -0.2) is 15.0 Å². The third-order valence-electron chi connectivity index (χ3n) is 3.22. The number of nitrogens with one attached hydrogen (secondary N) is 1. The van der Waals surface area contributed by atoms with Gasteiger partial charge in [0.05, 0.1) is 5.69 Å². The number of nitrogens with zero attached hydrogens (tertiary/aromatic N) is 3. The lowest BCUT2D eigenvalue weighted by atomic mass is 10.1. The van der Waals surface area contributed by atoms with Crippen LogP contribution < -0.4 is 5.32 Å². The number of aromatic nitrogens is 3. The minimum absolute atomic E-state index is 0.735. The van der Waals surface area contributed by atoms with E-state index in [1.54, 1.807) is 6.20 Å². The third-order valence-corrected chi connectivity index (χ3v) is 3.69. The van der Waals surface area contributed by atoms with Crippen molar-refractivity contribution in [3.8, 4) is 11.5 Å². The zero-order chi connectivity index (χ0) is 13.2. The maximum atomic E-state index is 4.71. The minimum Gasteiger partial charge on any atom is -0.307 e. The molecule has 0 unspecified atom stereocenters. The first-order chi connectivity index (χ1) is 9.28. The van der Waals surface area contributed by atoms with Crippen molar-refractivity contribution in [3.05, 3.63) is 39.8 Å². The Morgan fingerprint density at radius 3 is 2.89 bits per heavy atom. The van der Waals surface area contributed by atoms with Crippen LogP contribution in [-0.2, 0) is 19.5 Å². The molecule has 2 aromatic rings. The summed E-state index contributed by atoms with van der Waals surface area (Å²) in [5, 5.41) is 3.34. The van der Waals surface area contributed by atoms with Gasteiger partial charge in [0.2, 0.25) is 0 Å². The smallest absolute Gasteiger partial charge is 0.178 e. The normalized spacial score (nSPS) is 13.6. The Morgan fingerprint density at radius 2 is 2.16 bits per heavy atom. The largest absolute Gasteiger partial charge is 0.307 e. The fraction of sp³-hybridized carbons (Fsp3) is 0.357. The fourth-order valence-electron chi connectivity index (χ4n) is 2.30. The summed E-state index contributed by atoms with van der Waals surface area (Å²) in [6, 6.07) is 3.92. The number of rotatable bonds is 3. The standard InChI is InChI=1S/C14H15BrN4/c1-2-3-11-10-7-16-8-13(10)19-14(18-11)12-5-4-9(15)6-17-12/h4-6,16H,2-3,7-8H2,1H3. The average molecular weight is 319 g/mol. The van der Waals surface area contributed by atoms with Gasteiger partial charge in [-0.25, -0.2) is 9.97 Å². The molecule has 19 heavy (non-hydrogen) atoms. The molecule has 5 heteroatoms. The van der Waals surface area contributed by atoms with E-state index in [2.05, 4.69) is 38.1 Å². The summed E-state index contributed by atoms with van der Waals surface area (Å²) < 4.78 is 0.966. The quantitative estimate of drug-likeness (QED) is 0.945. The van der Waals surface area contributed by atoms with Crippen molar-refractivity contribution in [2.45, 2.75) is 32.9 Å². The molecule has 0 atom stereocenters. The highest BCUT2D eigenvalue weighted by Gasteiger charge is 2.19. The molecule has 98 valence electrons. The van der Waals surface area contributed by atoms with Crippen molar-refractivity contribution >= 4 is 15.9 Å². The molecule has 0 aromatic carbocycles. The van der Waals surface area contributed by atoms with Gasteiger partial charge in [-0.2, -0.15) is 0 Å². The number of hydrogen-bond donors (Lipinski definition) is 1. The van der Waals surface area contributed by atoms with E-state index >= 15 is 0 Å². The molecule has 0 amide bonds. The number of fused-ring (bicyclic) bond motifs is 1. The van der Waals surface area contributed by atoms with Crippen molar-refractivity contribution in [2.75, 3.05) is 0 Å². The molecule has 3 rings (SSSR count). The van der Waals surface area contributed by atoms with Crippen LogP contribution in [0.1, 0.15) is 30.3 Å². The van der Waals surface area contributed by atoms with E-state index in [-0.39, 0.29) is 0 Å². The fourth-order valence-corrected chi connectivity index (χ4v) is 2.54. The summed E-state index contributed by atoms with van der Waals surface area (Å²) in [6.45, 7) is 3.89. The Hall–Kier alpha value is -1.33. The molecule has 0 saturated carbocycles. The zero-order valence-corrected chi connectivity index (χ0v) is 12.4. The van der Waals surface area contributed by atoms with Crippen molar-refractivity contribution in [3.63, 3.8) is 0 Å². The average Bonchev–Trinajstić information content (AvgIpc) is 2.88. The van der Waals surface area contributed by atoms with E-state index < -0.39 is 0 Å². The van der Waals surface area contributed by atoms with E-state index in [1.807, 2.05) is 12.1 Å². The molecule has 0 radical (unpaired) electrons. The number of hydrogen-bond acceptors (Lipinski definition) is 4. The highest BCUT2D eigenvalue weighted by Crippen LogP contribution is 2.23. The summed E-state index contributed by atoms with van der Waals surface area (Å²) >= 11 is 3.39. The second-order valence-corrected chi connectivity index (χ2v) is 5.55. The molecule has 4 nitrogen and oxygen atoms in total. The van der Waals surface area contributed by atoms with Gasteiger partial charge in [0, 0.05) is 35.0 Å². The van der Waals surface area contributed by atoms with Crippen molar-refractivity contribution in [1.29, 1.82) is 0 Å². The Labute approximate surface area is 120 Å². The lowest BCUT2D eigenvalue weighted by Gasteiger charge is -2.08. The first-order valence-corrected chi connectivity index (χ1v) is 7.28. The molecule has 1 aliphatic rings. The molecular formula is C14H15BrN4. The maximum absolute atomic E-state index is 4.71. The van der Waals surface area contributed by atoms with E-state index in [0.717, 1.165) is 53.3 Å². The SMILES string of the molecule is CCCc1nc(-c2ccc(Br)cn2)nc2c1CNC2. The Kier molecular flexibility index (Phi) is 3.57. The third kappa shape index (κ3) is 2.53. The Balaban J connectivity index is 2.07. The van der Waals surface area contributed by atoms with Gasteiger partial charge in [-0.05, 0) is 34.5 Å². The van der Waals surface area contributed by atoms with Crippen LogP contribution in [0.15, 0.2) is 22.8 Å². The van der Waals surface area contributed by atoms with Crippen molar-refractivity contribution in [1.82, 2.24) is 20.3 Å². The second kappa shape index (κ2) is 5.35. The van der Waals surface area contributed by atoms with Gasteiger partial charge in [0.15, 0.2) is 5.82 Å².